The van der Waals surface area contributed by atoms with E-state index >= 15 is 0 Å². The van der Waals surface area contributed by atoms with Gasteiger partial charge in [0, 0.05) is 17.5 Å². The normalized spacial score (nSPS) is 18.6. The SMILES string of the molecule is CCC(=O)NC1(C(F)(F)F)C(=O)Nc2nc3c(-c4ccccc4O)cccc3n21. The third-order valence-corrected chi connectivity index (χ3v) is 4.82. The van der Waals surface area contributed by atoms with Gasteiger partial charge in [-0.15, -0.1) is 0 Å². The van der Waals surface area contributed by atoms with Crippen LogP contribution in [0.15, 0.2) is 42.5 Å². The van der Waals surface area contributed by atoms with Crippen LogP contribution in [0.1, 0.15) is 13.3 Å². The number of amides is 2. The maximum absolute atomic E-state index is 14.2. The highest BCUT2D eigenvalue weighted by molar-refractivity contribution is 6.07. The van der Waals surface area contributed by atoms with Gasteiger partial charge in [-0.05, 0) is 12.1 Å². The van der Waals surface area contributed by atoms with Crippen molar-refractivity contribution in [2.45, 2.75) is 25.2 Å². The van der Waals surface area contributed by atoms with Gasteiger partial charge in [-0.3, -0.25) is 19.5 Å². The van der Waals surface area contributed by atoms with Crippen LogP contribution in [0.3, 0.4) is 0 Å². The monoisotopic (exact) mass is 404 g/mol. The molecule has 7 nitrogen and oxygen atoms in total. The Morgan fingerprint density at radius 3 is 2.55 bits per heavy atom. The highest BCUT2D eigenvalue weighted by atomic mass is 19.4. The number of carbonyl (C=O) groups excluding carboxylic acids is 2. The molecule has 1 aliphatic heterocycles. The van der Waals surface area contributed by atoms with Gasteiger partial charge in [0.1, 0.15) is 5.75 Å². The molecular formula is C19H15F3N4O3. The van der Waals surface area contributed by atoms with Gasteiger partial charge in [0.25, 0.3) is 11.6 Å². The number of anilines is 1. The first-order valence-electron chi connectivity index (χ1n) is 8.70. The topological polar surface area (TPSA) is 96.2 Å². The number of halogens is 3. The summed E-state index contributed by atoms with van der Waals surface area (Å²) in [5, 5.41) is 14.1. The van der Waals surface area contributed by atoms with Crippen molar-refractivity contribution in [1.82, 2.24) is 14.9 Å². The minimum Gasteiger partial charge on any atom is -0.507 e. The second kappa shape index (κ2) is 6.23. The lowest BCUT2D eigenvalue weighted by Crippen LogP contribution is -2.63. The van der Waals surface area contributed by atoms with E-state index in [1.807, 2.05) is 5.32 Å². The molecule has 0 aliphatic carbocycles. The van der Waals surface area contributed by atoms with E-state index in [4.69, 9.17) is 0 Å². The number of imidazole rings is 1. The van der Waals surface area contributed by atoms with Gasteiger partial charge in [-0.2, -0.15) is 13.2 Å². The fraction of sp³-hybridized carbons (Fsp3) is 0.211. The standard InChI is InChI=1S/C19H15F3N4O3/c1-2-14(28)25-18(19(20,21)22)16(29)24-17-23-15-11(7-5-8-12(15)26(17)18)10-6-3-4-9-13(10)27/h3-9,27H,2H2,1H3,(H,25,28)(H,23,24,29). The lowest BCUT2D eigenvalue weighted by atomic mass is 10.0. The predicted molar refractivity (Wildman–Crippen MR) is 97.9 cm³/mol. The first kappa shape index (κ1) is 18.8. The Kier molecular flexibility index (Phi) is 4.03. The Morgan fingerprint density at radius 2 is 1.90 bits per heavy atom. The van der Waals surface area contributed by atoms with Gasteiger partial charge in [0.2, 0.25) is 11.9 Å². The molecule has 1 aliphatic rings. The molecule has 29 heavy (non-hydrogen) atoms. The highest BCUT2D eigenvalue weighted by Gasteiger charge is 2.67. The van der Waals surface area contributed by atoms with E-state index in [-0.39, 0.29) is 29.2 Å². The first-order valence-corrected chi connectivity index (χ1v) is 8.70. The molecule has 0 spiro atoms. The van der Waals surface area contributed by atoms with Crippen molar-refractivity contribution in [3.8, 4) is 16.9 Å². The van der Waals surface area contributed by atoms with E-state index in [1.54, 1.807) is 24.3 Å². The summed E-state index contributed by atoms with van der Waals surface area (Å²) >= 11 is 0. The number of para-hydroxylation sites is 2. The summed E-state index contributed by atoms with van der Waals surface area (Å²) in [6.07, 6.45) is -5.37. The van der Waals surface area contributed by atoms with E-state index in [0.29, 0.717) is 15.7 Å². The Labute approximate surface area is 162 Å². The number of aromatic nitrogens is 2. The molecule has 0 saturated heterocycles. The van der Waals surface area contributed by atoms with E-state index in [2.05, 4.69) is 10.3 Å². The quantitative estimate of drug-likeness (QED) is 0.625. The zero-order chi connectivity index (χ0) is 21.0. The predicted octanol–water partition coefficient (Wildman–Crippen LogP) is 3.10. The molecule has 3 aromatic rings. The van der Waals surface area contributed by atoms with Gasteiger partial charge in [0.05, 0.1) is 11.0 Å². The molecule has 0 radical (unpaired) electrons. The van der Waals surface area contributed by atoms with Crippen LogP contribution in [0.4, 0.5) is 19.1 Å². The Balaban J connectivity index is 2.03. The molecule has 4 rings (SSSR count). The summed E-state index contributed by atoms with van der Waals surface area (Å²) in [7, 11) is 0. The van der Waals surface area contributed by atoms with Crippen molar-refractivity contribution < 1.29 is 27.9 Å². The number of phenolic OH excluding ortho intramolecular Hbond substituents is 1. The molecule has 10 heteroatoms. The average molecular weight is 404 g/mol. The van der Waals surface area contributed by atoms with Crippen molar-refractivity contribution in [2.75, 3.05) is 5.32 Å². The fourth-order valence-corrected chi connectivity index (χ4v) is 3.46. The number of phenols is 1. The number of nitrogens with one attached hydrogen (secondary N) is 2. The molecule has 1 atom stereocenters. The van der Waals surface area contributed by atoms with Gasteiger partial charge in [0.15, 0.2) is 0 Å². The number of nitrogens with zero attached hydrogens (tertiary/aromatic N) is 2. The van der Waals surface area contributed by atoms with Crippen LogP contribution < -0.4 is 10.6 Å². The van der Waals surface area contributed by atoms with Crippen molar-refractivity contribution in [3.63, 3.8) is 0 Å². The number of hydrogen-bond acceptors (Lipinski definition) is 4. The molecule has 2 aromatic carbocycles. The van der Waals surface area contributed by atoms with Gasteiger partial charge < -0.3 is 10.4 Å². The molecule has 2 amide bonds. The summed E-state index contributed by atoms with van der Waals surface area (Å²) in [6.45, 7) is 1.38. The number of aromatic hydroxyl groups is 1. The van der Waals surface area contributed by atoms with Gasteiger partial charge in [-0.25, -0.2) is 4.98 Å². The van der Waals surface area contributed by atoms with E-state index in [9.17, 15) is 27.9 Å². The molecule has 1 unspecified atom stereocenters. The van der Waals surface area contributed by atoms with Gasteiger partial charge >= 0.3 is 6.18 Å². The Bertz CT molecular complexity index is 1160. The first-order chi connectivity index (χ1) is 13.7. The second-order valence-electron chi connectivity index (χ2n) is 6.53. The van der Waals surface area contributed by atoms with Crippen LogP contribution in [0.5, 0.6) is 5.75 Å². The summed E-state index contributed by atoms with van der Waals surface area (Å²) in [5.41, 5.74) is -2.44. The summed E-state index contributed by atoms with van der Waals surface area (Å²) in [4.78, 5) is 28.5. The van der Waals surface area contributed by atoms with E-state index < -0.39 is 23.7 Å². The van der Waals surface area contributed by atoms with Crippen LogP contribution in [-0.4, -0.2) is 32.6 Å². The van der Waals surface area contributed by atoms with Crippen molar-refractivity contribution in [1.29, 1.82) is 0 Å². The lowest BCUT2D eigenvalue weighted by molar-refractivity contribution is -0.217. The molecule has 1 aromatic heterocycles. The van der Waals surface area contributed by atoms with Gasteiger partial charge in [-0.1, -0.05) is 37.3 Å². The molecule has 0 bridgehead atoms. The number of rotatable bonds is 3. The van der Waals surface area contributed by atoms with Crippen molar-refractivity contribution >= 4 is 28.8 Å². The third-order valence-electron chi connectivity index (χ3n) is 4.82. The minimum absolute atomic E-state index is 0.0205. The molecule has 2 heterocycles. The zero-order valence-electron chi connectivity index (χ0n) is 15.0. The molecule has 0 fully saturated rings. The molecular weight excluding hydrogens is 389 g/mol. The number of carbonyl (C=O) groups is 2. The minimum atomic E-state index is -5.13. The lowest BCUT2D eigenvalue weighted by Gasteiger charge is -2.31. The van der Waals surface area contributed by atoms with Crippen LogP contribution in [0.25, 0.3) is 22.2 Å². The number of fused-ring (bicyclic) bond motifs is 3. The number of benzene rings is 2. The number of alkyl halides is 3. The molecule has 0 saturated carbocycles. The Morgan fingerprint density at radius 1 is 1.21 bits per heavy atom. The summed E-state index contributed by atoms with van der Waals surface area (Å²) < 4.78 is 43.2. The van der Waals surface area contributed by atoms with Crippen molar-refractivity contribution in [2.24, 2.45) is 0 Å². The largest absolute Gasteiger partial charge is 0.507 e. The maximum Gasteiger partial charge on any atom is 0.440 e. The molecule has 150 valence electrons. The van der Waals surface area contributed by atoms with Crippen LogP contribution in [-0.2, 0) is 15.3 Å². The van der Waals surface area contributed by atoms with E-state index in [0.717, 1.165) is 0 Å². The van der Waals surface area contributed by atoms with Crippen LogP contribution >= 0.6 is 0 Å². The second-order valence-corrected chi connectivity index (χ2v) is 6.53. The summed E-state index contributed by atoms with van der Waals surface area (Å²) in [5.74, 6) is -2.80. The van der Waals surface area contributed by atoms with Crippen LogP contribution in [0, 0.1) is 0 Å². The summed E-state index contributed by atoms with van der Waals surface area (Å²) in [6, 6.07) is 10.8. The highest BCUT2D eigenvalue weighted by Crippen LogP contribution is 2.45. The molecule has 3 N–H and O–H groups in total. The maximum atomic E-state index is 14.2. The van der Waals surface area contributed by atoms with Crippen LogP contribution in [0.2, 0.25) is 0 Å². The Hall–Kier alpha value is -3.56. The smallest absolute Gasteiger partial charge is 0.440 e. The average Bonchev–Trinajstić information content (AvgIpc) is 3.16. The zero-order valence-corrected chi connectivity index (χ0v) is 15.0. The third kappa shape index (κ3) is 2.55. The van der Waals surface area contributed by atoms with Crippen molar-refractivity contribution in [3.05, 3.63) is 42.5 Å². The fourth-order valence-electron chi connectivity index (χ4n) is 3.46. The van der Waals surface area contributed by atoms with E-state index in [1.165, 1.54) is 25.1 Å². The number of hydrogen-bond donors (Lipinski definition) is 3.